The van der Waals surface area contributed by atoms with Gasteiger partial charge in [-0.25, -0.2) is 4.79 Å². The summed E-state index contributed by atoms with van der Waals surface area (Å²) in [5.41, 5.74) is 0.362. The molecule has 152 valence electrons. The quantitative estimate of drug-likeness (QED) is 0.740. The van der Waals surface area contributed by atoms with Crippen LogP contribution in [0.5, 0.6) is 0 Å². The maximum Gasteiger partial charge on any atom is 0.332 e. The van der Waals surface area contributed by atoms with Crippen molar-refractivity contribution in [1.29, 1.82) is 0 Å². The van der Waals surface area contributed by atoms with Crippen molar-refractivity contribution in [1.82, 2.24) is 10.2 Å². The molecule has 1 aromatic rings. The van der Waals surface area contributed by atoms with E-state index in [0.29, 0.717) is 38.0 Å². The van der Waals surface area contributed by atoms with E-state index in [1.165, 1.54) is 12.1 Å². The fourth-order valence-electron chi connectivity index (χ4n) is 2.70. The highest BCUT2D eigenvalue weighted by Gasteiger charge is 2.23. The van der Waals surface area contributed by atoms with Crippen LogP contribution in [0.25, 0.3) is 0 Å². The normalized spacial score (nSPS) is 14.7. The van der Waals surface area contributed by atoms with Gasteiger partial charge in [0.05, 0.1) is 4.90 Å². The number of piperidine rings is 1. The summed E-state index contributed by atoms with van der Waals surface area (Å²) < 4.78 is 34.3. The summed E-state index contributed by atoms with van der Waals surface area (Å²) in [6.45, 7) is 7.20. The minimum atomic E-state index is -4.75. The first-order valence-electron chi connectivity index (χ1n) is 9.19. The number of amides is 3. The molecule has 1 aliphatic rings. The van der Waals surface area contributed by atoms with Crippen LogP contribution in [0.1, 0.15) is 46.5 Å². The zero-order chi connectivity index (χ0) is 20.4. The molecule has 0 aromatic heterocycles. The third kappa shape index (κ3) is 7.54. The second-order valence-electron chi connectivity index (χ2n) is 5.97. The van der Waals surface area contributed by atoms with E-state index in [0.717, 1.165) is 18.6 Å². The lowest BCUT2D eigenvalue weighted by Crippen LogP contribution is -2.47. The van der Waals surface area contributed by atoms with Crippen molar-refractivity contribution < 1.29 is 21.9 Å². The van der Waals surface area contributed by atoms with E-state index in [-0.39, 0.29) is 11.9 Å². The number of urea groups is 1. The Bertz CT molecular complexity index is 715. The third-order valence-electron chi connectivity index (χ3n) is 4.04. The van der Waals surface area contributed by atoms with Gasteiger partial charge in [-0.1, -0.05) is 20.8 Å². The van der Waals surface area contributed by atoms with E-state index < -0.39 is 21.1 Å². The summed E-state index contributed by atoms with van der Waals surface area (Å²) >= 11 is 0. The molecule has 0 saturated carbocycles. The Morgan fingerprint density at radius 2 is 1.70 bits per heavy atom. The highest BCUT2D eigenvalue weighted by atomic mass is 32.3. The number of carbonyl (C=O) groups is 2. The summed E-state index contributed by atoms with van der Waals surface area (Å²) in [6, 6.07) is 4.35. The Hall–Kier alpha value is -2.16. The van der Waals surface area contributed by atoms with E-state index in [1.807, 2.05) is 25.7 Å². The van der Waals surface area contributed by atoms with E-state index in [4.69, 9.17) is 0 Å². The van der Waals surface area contributed by atoms with Crippen molar-refractivity contribution in [2.45, 2.75) is 57.4 Å². The molecule has 1 saturated heterocycles. The van der Waals surface area contributed by atoms with Gasteiger partial charge in [-0.3, -0.25) is 4.79 Å². The van der Waals surface area contributed by atoms with Crippen LogP contribution in [0, 0.1) is 0 Å². The zero-order valence-electron chi connectivity index (χ0n) is 16.0. The van der Waals surface area contributed by atoms with Crippen molar-refractivity contribution >= 4 is 27.8 Å². The Balaban J connectivity index is 0.00000176. The number of carbonyl (C=O) groups excluding carboxylic acids is 2. The van der Waals surface area contributed by atoms with E-state index in [9.17, 15) is 21.9 Å². The summed E-state index contributed by atoms with van der Waals surface area (Å²) in [5.74, 6) is 0.147. The van der Waals surface area contributed by atoms with Crippen molar-refractivity contribution in [3.05, 3.63) is 24.3 Å². The van der Waals surface area contributed by atoms with Crippen LogP contribution >= 0.6 is 0 Å². The minimum absolute atomic E-state index is 0.0313. The van der Waals surface area contributed by atoms with Crippen LogP contribution in [0.15, 0.2) is 29.2 Å². The Labute approximate surface area is 160 Å². The number of nitrogens with zero attached hydrogens (tertiary/aromatic N) is 1. The van der Waals surface area contributed by atoms with E-state index in [2.05, 4.69) is 10.6 Å². The van der Waals surface area contributed by atoms with Gasteiger partial charge in [0.25, 0.3) is 0 Å². The largest absolute Gasteiger partial charge is 0.343 e. The molecule has 1 aliphatic heterocycles. The second-order valence-corrected chi connectivity index (χ2v) is 7.31. The van der Waals surface area contributed by atoms with Crippen LogP contribution in [-0.2, 0) is 15.0 Å². The molecule has 1 fully saturated rings. The summed E-state index contributed by atoms with van der Waals surface area (Å²) in [7, 11) is -4.75. The average molecular weight is 402 g/mol. The first-order chi connectivity index (χ1) is 12.8. The lowest BCUT2D eigenvalue weighted by atomic mass is 10.0. The van der Waals surface area contributed by atoms with Gasteiger partial charge in [0.2, 0.25) is 5.91 Å². The second kappa shape index (κ2) is 10.9. The number of anilines is 1. The molecular weight excluding hydrogens is 373 g/mol. The predicted molar refractivity (Wildman–Crippen MR) is 103 cm³/mol. The highest BCUT2D eigenvalue weighted by Crippen LogP contribution is 2.16. The fourth-order valence-corrected chi connectivity index (χ4v) is 3.16. The average Bonchev–Trinajstić information content (AvgIpc) is 2.64. The number of rotatable bonds is 5. The van der Waals surface area contributed by atoms with Gasteiger partial charge in [0, 0.05) is 31.2 Å². The van der Waals surface area contributed by atoms with Crippen LogP contribution in [0.4, 0.5) is 14.4 Å². The molecule has 0 radical (unpaired) electrons. The monoisotopic (exact) mass is 401 g/mol. The zero-order valence-corrected chi connectivity index (χ0v) is 16.8. The molecule has 9 heteroatoms. The molecule has 1 heterocycles. The van der Waals surface area contributed by atoms with Crippen LogP contribution in [0.3, 0.4) is 0 Å². The summed E-state index contributed by atoms with van der Waals surface area (Å²) in [6.07, 6.45) is 2.73. The number of likely N-dealkylation sites (tertiary alicyclic amines) is 1. The number of hydrogen-bond acceptors (Lipinski definition) is 4. The standard InChI is InChI=1S/C16H22FN3O4S.C2H6/c1-2-3-15(21)20-10-8-13(9-11-20)19-16(22)18-12-4-6-14(7-5-12)25(17,23)24;1-2/h4-7,13H,2-3,8-11H2,1H3,(H2,18,19,22);1-2H3. The summed E-state index contributed by atoms with van der Waals surface area (Å²) in [5, 5.41) is 5.40. The maximum absolute atomic E-state index is 12.8. The van der Waals surface area contributed by atoms with Gasteiger partial charge < -0.3 is 15.5 Å². The van der Waals surface area contributed by atoms with Gasteiger partial charge in [-0.15, -0.1) is 3.89 Å². The lowest BCUT2D eigenvalue weighted by Gasteiger charge is -2.32. The third-order valence-corrected chi connectivity index (χ3v) is 4.88. The molecule has 1 aromatic carbocycles. The van der Waals surface area contributed by atoms with Crippen molar-refractivity contribution in [3.63, 3.8) is 0 Å². The van der Waals surface area contributed by atoms with E-state index >= 15 is 0 Å². The van der Waals surface area contributed by atoms with Crippen molar-refractivity contribution in [2.75, 3.05) is 18.4 Å². The molecule has 0 atom stereocenters. The van der Waals surface area contributed by atoms with Gasteiger partial charge in [-0.2, -0.15) is 8.42 Å². The first-order valence-corrected chi connectivity index (χ1v) is 10.6. The van der Waals surface area contributed by atoms with Gasteiger partial charge in [0.15, 0.2) is 0 Å². The Morgan fingerprint density at radius 1 is 1.15 bits per heavy atom. The molecule has 2 N–H and O–H groups in total. The van der Waals surface area contributed by atoms with Gasteiger partial charge in [-0.05, 0) is 43.5 Å². The first kappa shape index (κ1) is 22.9. The predicted octanol–water partition coefficient (Wildman–Crippen LogP) is 3.28. The number of hydrogen-bond donors (Lipinski definition) is 2. The molecule has 0 unspecified atom stereocenters. The molecule has 3 amide bonds. The topological polar surface area (TPSA) is 95.6 Å². The van der Waals surface area contributed by atoms with Crippen LogP contribution in [0.2, 0.25) is 0 Å². The maximum atomic E-state index is 12.8. The highest BCUT2D eigenvalue weighted by molar-refractivity contribution is 7.86. The molecule has 27 heavy (non-hydrogen) atoms. The SMILES string of the molecule is CC.CCCC(=O)N1CCC(NC(=O)Nc2ccc(S(=O)(=O)F)cc2)CC1. The van der Waals surface area contributed by atoms with Gasteiger partial charge >= 0.3 is 16.3 Å². The fraction of sp³-hybridized carbons (Fsp3) is 0.556. The number of benzene rings is 1. The van der Waals surface area contributed by atoms with Crippen molar-refractivity contribution in [3.8, 4) is 0 Å². The Kier molecular flexibility index (Phi) is 9.20. The summed E-state index contributed by atoms with van der Waals surface area (Å²) in [4.78, 5) is 25.2. The molecule has 0 aliphatic carbocycles. The van der Waals surface area contributed by atoms with Crippen LogP contribution in [-0.4, -0.2) is 44.4 Å². The molecule has 2 rings (SSSR count). The van der Waals surface area contributed by atoms with Crippen LogP contribution < -0.4 is 10.6 Å². The Morgan fingerprint density at radius 3 is 2.19 bits per heavy atom. The molecular formula is C18H28FN3O4S. The minimum Gasteiger partial charge on any atom is -0.343 e. The smallest absolute Gasteiger partial charge is 0.332 e. The van der Waals surface area contributed by atoms with Gasteiger partial charge in [0.1, 0.15) is 0 Å². The lowest BCUT2D eigenvalue weighted by molar-refractivity contribution is -0.132. The molecule has 0 bridgehead atoms. The number of halogens is 1. The van der Waals surface area contributed by atoms with Crippen molar-refractivity contribution in [2.24, 2.45) is 0 Å². The van der Waals surface area contributed by atoms with E-state index in [1.54, 1.807) is 0 Å². The number of nitrogens with one attached hydrogen (secondary N) is 2. The molecule has 7 nitrogen and oxygen atoms in total. The molecule has 0 spiro atoms.